The van der Waals surface area contributed by atoms with Gasteiger partial charge in [-0.1, -0.05) is 43.8 Å². The summed E-state index contributed by atoms with van der Waals surface area (Å²) in [7, 11) is 0. The quantitative estimate of drug-likeness (QED) is 0.482. The fourth-order valence-corrected chi connectivity index (χ4v) is 3.23. The van der Waals surface area contributed by atoms with Crippen LogP contribution in [0.2, 0.25) is 0 Å². The van der Waals surface area contributed by atoms with E-state index in [0.717, 1.165) is 18.4 Å². The monoisotopic (exact) mass is 339 g/mol. The highest BCUT2D eigenvalue weighted by atomic mass is 16.2. The lowest BCUT2D eigenvalue weighted by Crippen LogP contribution is -2.31. The Balaban J connectivity index is 0.00000225. The molecular weight excluding hydrogens is 310 g/mol. The molecule has 0 bridgehead atoms. The highest BCUT2D eigenvalue weighted by Gasteiger charge is 2.12. The Hall–Kier alpha value is -2.33. The van der Waals surface area contributed by atoms with E-state index in [9.17, 15) is 4.79 Å². The Labute approximate surface area is 151 Å². The molecule has 0 radical (unpaired) electrons. The summed E-state index contributed by atoms with van der Waals surface area (Å²) in [6, 6.07) is 17.1. The zero-order valence-corrected chi connectivity index (χ0v) is 14.0. The zero-order valence-electron chi connectivity index (χ0n) is 14.0. The summed E-state index contributed by atoms with van der Waals surface area (Å²) in [6.07, 6.45) is 4.98. The number of amides is 1. The zero-order chi connectivity index (χ0) is 16.8. The van der Waals surface area contributed by atoms with Gasteiger partial charge < -0.3 is 4.90 Å². The second-order valence-electron chi connectivity index (χ2n) is 6.42. The Morgan fingerprint density at radius 2 is 1.60 bits per heavy atom. The standard InChI is InChI=1S/C20H25N3O.CH4/c21-22-20(24)15-18-10-7-16(8-11-18)6-9-17-4-3-5-19(14-17)23-12-1-2-13-23;/h3-5,7-8,10-11,14H,1-2,6,9,12-13,15,21H2,(H,22,24);1H4. The van der Waals surface area contributed by atoms with E-state index in [4.69, 9.17) is 5.84 Å². The molecule has 0 atom stereocenters. The Bertz CT molecular complexity index is 676. The first-order chi connectivity index (χ1) is 11.7. The van der Waals surface area contributed by atoms with Crippen molar-refractivity contribution in [2.75, 3.05) is 18.0 Å². The number of benzene rings is 2. The van der Waals surface area contributed by atoms with Crippen LogP contribution in [0.4, 0.5) is 5.69 Å². The Morgan fingerprint density at radius 1 is 0.960 bits per heavy atom. The second-order valence-corrected chi connectivity index (χ2v) is 6.42. The van der Waals surface area contributed by atoms with Crippen LogP contribution in [0.15, 0.2) is 48.5 Å². The normalized spacial score (nSPS) is 13.4. The average Bonchev–Trinajstić information content (AvgIpc) is 3.16. The summed E-state index contributed by atoms with van der Waals surface area (Å²) >= 11 is 0. The van der Waals surface area contributed by atoms with E-state index in [0.29, 0.717) is 6.42 Å². The molecule has 1 amide bonds. The van der Waals surface area contributed by atoms with Crippen LogP contribution in [0.3, 0.4) is 0 Å². The summed E-state index contributed by atoms with van der Waals surface area (Å²) in [5.41, 5.74) is 7.17. The van der Waals surface area contributed by atoms with E-state index >= 15 is 0 Å². The first-order valence-corrected chi connectivity index (χ1v) is 8.66. The van der Waals surface area contributed by atoms with Gasteiger partial charge in [0.15, 0.2) is 0 Å². The number of nitrogens with zero attached hydrogens (tertiary/aromatic N) is 1. The molecule has 0 saturated carbocycles. The van der Waals surface area contributed by atoms with Crippen molar-refractivity contribution in [1.29, 1.82) is 0 Å². The van der Waals surface area contributed by atoms with Gasteiger partial charge in [0.1, 0.15) is 0 Å². The van der Waals surface area contributed by atoms with Crippen molar-refractivity contribution in [3.63, 3.8) is 0 Å². The molecule has 0 aromatic heterocycles. The molecule has 3 rings (SSSR count). The van der Waals surface area contributed by atoms with Crippen molar-refractivity contribution in [2.45, 2.75) is 39.5 Å². The summed E-state index contributed by atoms with van der Waals surface area (Å²) < 4.78 is 0. The second kappa shape index (κ2) is 9.23. The molecule has 1 aliphatic heterocycles. The molecule has 1 saturated heterocycles. The first kappa shape index (κ1) is 19.0. The number of rotatable bonds is 6. The lowest BCUT2D eigenvalue weighted by molar-refractivity contribution is -0.120. The fourth-order valence-electron chi connectivity index (χ4n) is 3.23. The maximum atomic E-state index is 11.3. The van der Waals surface area contributed by atoms with E-state index in [1.165, 1.54) is 42.7 Å². The lowest BCUT2D eigenvalue weighted by atomic mass is 10.0. The number of hydrogen-bond acceptors (Lipinski definition) is 3. The molecule has 1 heterocycles. The van der Waals surface area contributed by atoms with Crippen LogP contribution in [-0.2, 0) is 24.1 Å². The number of hydrazine groups is 1. The summed E-state index contributed by atoms with van der Waals surface area (Å²) in [5, 5.41) is 0. The number of nitrogens with two attached hydrogens (primary N) is 1. The SMILES string of the molecule is C.NNC(=O)Cc1ccc(CCc2cccc(N3CCCC3)c2)cc1. The number of carbonyl (C=O) groups is 1. The molecule has 3 N–H and O–H groups in total. The van der Waals surface area contributed by atoms with Crippen molar-refractivity contribution in [1.82, 2.24) is 5.43 Å². The van der Waals surface area contributed by atoms with Crippen LogP contribution in [-0.4, -0.2) is 19.0 Å². The van der Waals surface area contributed by atoms with Gasteiger partial charge in [0.25, 0.3) is 0 Å². The maximum Gasteiger partial charge on any atom is 0.238 e. The third-order valence-electron chi connectivity index (χ3n) is 4.63. The van der Waals surface area contributed by atoms with Gasteiger partial charge >= 0.3 is 0 Å². The molecule has 2 aromatic rings. The lowest BCUT2D eigenvalue weighted by Gasteiger charge is -2.18. The largest absolute Gasteiger partial charge is 0.372 e. The first-order valence-electron chi connectivity index (χ1n) is 8.66. The molecule has 1 aliphatic rings. The van der Waals surface area contributed by atoms with Gasteiger partial charge in [0.05, 0.1) is 6.42 Å². The molecular formula is C21H29N3O. The van der Waals surface area contributed by atoms with Crippen LogP contribution < -0.4 is 16.2 Å². The van der Waals surface area contributed by atoms with Gasteiger partial charge in [-0.2, -0.15) is 0 Å². The number of hydrogen-bond donors (Lipinski definition) is 2. The van der Waals surface area contributed by atoms with Crippen molar-refractivity contribution >= 4 is 11.6 Å². The van der Waals surface area contributed by atoms with Gasteiger partial charge in [0.2, 0.25) is 5.91 Å². The van der Waals surface area contributed by atoms with Gasteiger partial charge in [-0.15, -0.1) is 0 Å². The van der Waals surface area contributed by atoms with Crippen molar-refractivity contribution < 1.29 is 4.79 Å². The molecule has 4 heteroatoms. The third kappa shape index (κ3) is 5.33. The van der Waals surface area contributed by atoms with Crippen LogP contribution >= 0.6 is 0 Å². The number of anilines is 1. The fraction of sp³-hybridized carbons (Fsp3) is 0.381. The minimum atomic E-state index is -0.165. The summed E-state index contributed by atoms with van der Waals surface area (Å²) in [4.78, 5) is 13.8. The third-order valence-corrected chi connectivity index (χ3v) is 4.63. The summed E-state index contributed by atoms with van der Waals surface area (Å²) in [5.74, 6) is 4.95. The van der Waals surface area contributed by atoms with Crippen molar-refractivity contribution in [3.8, 4) is 0 Å². The molecule has 0 spiro atoms. The molecule has 0 unspecified atom stereocenters. The highest BCUT2D eigenvalue weighted by Crippen LogP contribution is 2.22. The number of carbonyl (C=O) groups excluding carboxylic acids is 1. The smallest absolute Gasteiger partial charge is 0.238 e. The van der Waals surface area contributed by atoms with Gasteiger partial charge in [-0.05, 0) is 54.5 Å². The van der Waals surface area contributed by atoms with E-state index in [2.05, 4.69) is 46.7 Å². The Morgan fingerprint density at radius 3 is 2.28 bits per heavy atom. The van der Waals surface area contributed by atoms with E-state index in [1.54, 1.807) is 0 Å². The van der Waals surface area contributed by atoms with Gasteiger partial charge in [-0.25, -0.2) is 5.84 Å². The minimum Gasteiger partial charge on any atom is -0.372 e. The minimum absolute atomic E-state index is 0. The average molecular weight is 339 g/mol. The van der Waals surface area contributed by atoms with Crippen LogP contribution in [0.25, 0.3) is 0 Å². The van der Waals surface area contributed by atoms with Crippen LogP contribution in [0.1, 0.15) is 37.0 Å². The van der Waals surface area contributed by atoms with Crippen molar-refractivity contribution in [2.24, 2.45) is 5.84 Å². The van der Waals surface area contributed by atoms with Crippen LogP contribution in [0.5, 0.6) is 0 Å². The maximum absolute atomic E-state index is 11.3. The molecule has 25 heavy (non-hydrogen) atoms. The highest BCUT2D eigenvalue weighted by molar-refractivity contribution is 5.77. The molecule has 1 fully saturated rings. The predicted octanol–water partition coefficient (Wildman–Crippen LogP) is 3.24. The van der Waals surface area contributed by atoms with Crippen molar-refractivity contribution in [3.05, 3.63) is 65.2 Å². The summed E-state index contributed by atoms with van der Waals surface area (Å²) in [6.45, 7) is 2.36. The molecule has 134 valence electrons. The van der Waals surface area contributed by atoms with Crippen LogP contribution in [0, 0.1) is 0 Å². The Kier molecular flexibility index (Phi) is 7.02. The molecule has 0 aliphatic carbocycles. The van der Waals surface area contributed by atoms with E-state index in [-0.39, 0.29) is 13.3 Å². The van der Waals surface area contributed by atoms with Gasteiger partial charge in [-0.3, -0.25) is 10.2 Å². The predicted molar refractivity (Wildman–Crippen MR) is 105 cm³/mol. The van der Waals surface area contributed by atoms with Gasteiger partial charge in [0, 0.05) is 18.8 Å². The number of aryl methyl sites for hydroxylation is 2. The molecule has 2 aromatic carbocycles. The molecule has 4 nitrogen and oxygen atoms in total. The topological polar surface area (TPSA) is 58.4 Å². The van der Waals surface area contributed by atoms with E-state index < -0.39 is 0 Å². The van der Waals surface area contributed by atoms with E-state index in [1.807, 2.05) is 12.1 Å². The number of nitrogens with one attached hydrogen (secondary N) is 1.